The Morgan fingerprint density at radius 3 is 2.87 bits per heavy atom. The summed E-state index contributed by atoms with van der Waals surface area (Å²) in [7, 11) is 0. The minimum absolute atomic E-state index is 0.0149. The number of aromatic nitrogens is 1. The van der Waals surface area contributed by atoms with Crippen LogP contribution in [0.4, 0.5) is 5.69 Å². The van der Waals surface area contributed by atoms with E-state index in [9.17, 15) is 10.1 Å². The van der Waals surface area contributed by atoms with Gasteiger partial charge >= 0.3 is 0 Å². The van der Waals surface area contributed by atoms with Crippen molar-refractivity contribution in [2.24, 2.45) is 5.90 Å². The lowest BCUT2D eigenvalue weighted by molar-refractivity contribution is -0.383. The summed E-state index contributed by atoms with van der Waals surface area (Å²) in [5.74, 6) is 5.35. The average Bonchev–Trinajstić information content (AvgIpc) is 2.27. The van der Waals surface area contributed by atoms with Crippen molar-refractivity contribution in [1.82, 2.24) is 4.98 Å². The van der Waals surface area contributed by atoms with E-state index in [-0.39, 0.29) is 5.69 Å². The van der Waals surface area contributed by atoms with E-state index >= 15 is 0 Å². The maximum Gasteiger partial charge on any atom is 0.279 e. The number of nitro groups is 1. The maximum atomic E-state index is 10.7. The molecule has 0 fully saturated rings. The second-order valence-corrected chi connectivity index (χ2v) is 2.86. The van der Waals surface area contributed by atoms with Crippen LogP contribution in [0, 0.1) is 10.1 Å². The van der Waals surface area contributed by atoms with E-state index in [4.69, 9.17) is 5.90 Å². The molecule has 2 N–H and O–H groups in total. The van der Waals surface area contributed by atoms with Gasteiger partial charge in [0.05, 0.1) is 10.3 Å². The normalized spacial score (nSPS) is 10.2. The maximum absolute atomic E-state index is 10.7. The zero-order chi connectivity index (χ0) is 10.8. The van der Waals surface area contributed by atoms with Crippen LogP contribution in [0.15, 0.2) is 30.5 Å². The predicted molar refractivity (Wildman–Crippen MR) is 53.2 cm³/mol. The lowest BCUT2D eigenvalue weighted by Gasteiger charge is -2.03. The first-order chi connectivity index (χ1) is 7.24. The Balaban J connectivity index is 2.83. The number of nitrogens with zero attached hydrogens (tertiary/aromatic N) is 2. The van der Waals surface area contributed by atoms with Gasteiger partial charge in [0.25, 0.3) is 5.69 Å². The van der Waals surface area contributed by atoms with Crippen molar-refractivity contribution in [3.8, 4) is 5.75 Å². The molecule has 2 rings (SSSR count). The molecule has 1 aromatic carbocycles. The highest BCUT2D eigenvalue weighted by Crippen LogP contribution is 2.30. The minimum Gasteiger partial charge on any atom is -0.409 e. The number of hydrogen-bond donors (Lipinski definition) is 1. The summed E-state index contributed by atoms with van der Waals surface area (Å²) < 4.78 is 0. The van der Waals surface area contributed by atoms with Gasteiger partial charge in [-0.1, -0.05) is 0 Å². The molecule has 0 bridgehead atoms. The molecule has 0 atom stereocenters. The Morgan fingerprint density at radius 1 is 1.40 bits per heavy atom. The zero-order valence-corrected chi connectivity index (χ0v) is 7.58. The van der Waals surface area contributed by atoms with Crippen molar-refractivity contribution < 1.29 is 9.76 Å². The fourth-order valence-electron chi connectivity index (χ4n) is 1.39. The number of nitrogens with two attached hydrogens (primary N) is 1. The number of non-ortho nitro benzene ring substituents is 1. The smallest absolute Gasteiger partial charge is 0.279 e. The summed E-state index contributed by atoms with van der Waals surface area (Å²) in [6, 6.07) is 5.98. The van der Waals surface area contributed by atoms with Crippen LogP contribution in [0.2, 0.25) is 0 Å². The number of fused-ring (bicyclic) bond motifs is 1. The fraction of sp³-hybridized carbons (Fsp3) is 0. The molecule has 0 saturated heterocycles. The third kappa shape index (κ3) is 1.46. The van der Waals surface area contributed by atoms with E-state index in [1.54, 1.807) is 12.1 Å². The molecule has 1 heterocycles. The quantitative estimate of drug-likeness (QED) is 0.590. The predicted octanol–water partition coefficient (Wildman–Crippen LogP) is 1.40. The Labute approximate surface area is 84.4 Å². The second-order valence-electron chi connectivity index (χ2n) is 2.86. The van der Waals surface area contributed by atoms with Crippen molar-refractivity contribution in [2.45, 2.75) is 0 Å². The molecular weight excluding hydrogens is 198 g/mol. The van der Waals surface area contributed by atoms with E-state index in [2.05, 4.69) is 9.82 Å². The molecule has 15 heavy (non-hydrogen) atoms. The van der Waals surface area contributed by atoms with Crippen molar-refractivity contribution in [1.29, 1.82) is 0 Å². The van der Waals surface area contributed by atoms with Crippen LogP contribution in [0.1, 0.15) is 0 Å². The van der Waals surface area contributed by atoms with Crippen LogP contribution in [-0.4, -0.2) is 9.91 Å². The molecule has 0 radical (unpaired) electrons. The molecule has 76 valence electrons. The summed E-state index contributed by atoms with van der Waals surface area (Å²) in [6.45, 7) is 0. The van der Waals surface area contributed by atoms with Crippen molar-refractivity contribution in [3.63, 3.8) is 0 Å². The Bertz CT molecular complexity index is 527. The van der Waals surface area contributed by atoms with Crippen LogP contribution < -0.4 is 10.7 Å². The Hall–Kier alpha value is -2.21. The van der Waals surface area contributed by atoms with Gasteiger partial charge in [0.15, 0.2) is 5.75 Å². The first-order valence-electron chi connectivity index (χ1n) is 4.13. The summed E-state index contributed by atoms with van der Waals surface area (Å²) in [5, 5.41) is 11.1. The molecule has 0 saturated carbocycles. The van der Waals surface area contributed by atoms with E-state index in [0.29, 0.717) is 16.7 Å². The van der Waals surface area contributed by atoms with Gasteiger partial charge in [0.2, 0.25) is 0 Å². The highest BCUT2D eigenvalue weighted by Gasteiger charge is 2.15. The van der Waals surface area contributed by atoms with E-state index < -0.39 is 4.92 Å². The van der Waals surface area contributed by atoms with Gasteiger partial charge < -0.3 is 4.84 Å². The van der Waals surface area contributed by atoms with Crippen LogP contribution in [0.25, 0.3) is 10.9 Å². The molecule has 0 amide bonds. The van der Waals surface area contributed by atoms with Gasteiger partial charge in [-0.3, -0.25) is 15.1 Å². The number of nitro benzene ring substituents is 1. The number of benzene rings is 1. The molecule has 0 aliphatic carbocycles. The molecule has 0 aliphatic heterocycles. The zero-order valence-electron chi connectivity index (χ0n) is 7.58. The molecule has 0 aliphatic rings. The molecule has 2 aromatic rings. The van der Waals surface area contributed by atoms with Gasteiger partial charge in [-0.15, -0.1) is 0 Å². The monoisotopic (exact) mass is 205 g/mol. The highest BCUT2D eigenvalue weighted by molar-refractivity contribution is 5.92. The standard InChI is InChI=1S/C9H7N3O3/c10-15-8-4-3-7(12(13)14)6-2-1-5-11-9(6)8/h1-5H,10H2. The van der Waals surface area contributed by atoms with Crippen molar-refractivity contribution in [3.05, 3.63) is 40.6 Å². The third-order valence-electron chi connectivity index (χ3n) is 2.03. The lowest BCUT2D eigenvalue weighted by atomic mass is 10.1. The first-order valence-corrected chi connectivity index (χ1v) is 4.13. The SMILES string of the molecule is NOc1ccc([N+](=O)[O-])c2cccnc12. The highest BCUT2D eigenvalue weighted by atomic mass is 16.6. The van der Waals surface area contributed by atoms with Gasteiger partial charge in [-0.25, -0.2) is 0 Å². The van der Waals surface area contributed by atoms with E-state index in [1.165, 1.54) is 18.3 Å². The Kier molecular flexibility index (Phi) is 2.18. The summed E-state index contributed by atoms with van der Waals surface area (Å²) in [5.41, 5.74) is 0.369. The minimum atomic E-state index is -0.468. The summed E-state index contributed by atoms with van der Waals surface area (Å²) in [4.78, 5) is 18.8. The second kappa shape index (κ2) is 3.50. The van der Waals surface area contributed by atoms with E-state index in [0.717, 1.165) is 0 Å². The average molecular weight is 205 g/mol. The molecule has 0 unspecified atom stereocenters. The molecular formula is C9H7N3O3. The topological polar surface area (TPSA) is 91.3 Å². The third-order valence-corrected chi connectivity index (χ3v) is 2.03. The fourth-order valence-corrected chi connectivity index (χ4v) is 1.39. The number of pyridine rings is 1. The lowest BCUT2D eigenvalue weighted by Crippen LogP contribution is -2.03. The van der Waals surface area contributed by atoms with Gasteiger partial charge in [0.1, 0.15) is 5.52 Å². The summed E-state index contributed by atoms with van der Waals surface area (Å²) in [6.07, 6.45) is 1.52. The van der Waals surface area contributed by atoms with Crippen molar-refractivity contribution >= 4 is 16.6 Å². The van der Waals surface area contributed by atoms with E-state index in [1.807, 2.05) is 0 Å². The van der Waals surface area contributed by atoms with Crippen LogP contribution in [0.3, 0.4) is 0 Å². The van der Waals surface area contributed by atoms with Crippen LogP contribution in [-0.2, 0) is 0 Å². The first kappa shape index (κ1) is 9.35. The molecule has 1 aromatic heterocycles. The van der Waals surface area contributed by atoms with Gasteiger partial charge in [-0.05, 0) is 18.2 Å². The van der Waals surface area contributed by atoms with Crippen LogP contribution >= 0.6 is 0 Å². The number of rotatable bonds is 2. The molecule has 6 nitrogen and oxygen atoms in total. The summed E-state index contributed by atoms with van der Waals surface area (Å²) >= 11 is 0. The largest absolute Gasteiger partial charge is 0.409 e. The van der Waals surface area contributed by atoms with Crippen LogP contribution in [0.5, 0.6) is 5.75 Å². The Morgan fingerprint density at radius 2 is 2.20 bits per heavy atom. The molecule has 6 heteroatoms. The van der Waals surface area contributed by atoms with Gasteiger partial charge in [0, 0.05) is 12.3 Å². The van der Waals surface area contributed by atoms with Gasteiger partial charge in [-0.2, -0.15) is 5.90 Å². The number of hydrogen-bond acceptors (Lipinski definition) is 5. The van der Waals surface area contributed by atoms with Crippen molar-refractivity contribution in [2.75, 3.05) is 0 Å². The molecule has 0 spiro atoms.